The summed E-state index contributed by atoms with van der Waals surface area (Å²) in [5.41, 5.74) is 0.227. The predicted octanol–water partition coefficient (Wildman–Crippen LogP) is 5.04. The van der Waals surface area contributed by atoms with Crippen LogP contribution < -0.4 is 15.2 Å². The van der Waals surface area contributed by atoms with Gasteiger partial charge in [-0.25, -0.2) is 22.4 Å². The standard InChI is InChI=1S/C29H25F4N3O6S/c1-40-29(39)42-14-41-26-20(37)9-11-35-25(26)28(38)34-10-8-15(27(32)33)12-22(34)36(35)24-16-6-7-19(30)23(31)18(16)13-43-21-5-3-2-4-17(21)24/h2-7,9,11,15,22,24,27H,8,10,12-14H2,1H3/t15-,22-,24+/m1/s1. The summed E-state index contributed by atoms with van der Waals surface area (Å²) < 4.78 is 74.1. The third kappa shape index (κ3) is 4.96. The molecule has 0 radical (unpaired) electrons. The van der Waals surface area contributed by atoms with Gasteiger partial charge in [-0.1, -0.05) is 24.3 Å². The molecule has 3 aliphatic heterocycles. The van der Waals surface area contributed by atoms with Crippen LogP contribution in [0.5, 0.6) is 5.75 Å². The number of fused-ring (bicyclic) bond motifs is 4. The number of hydrogen-bond donors (Lipinski definition) is 0. The first-order valence-corrected chi connectivity index (χ1v) is 14.3. The summed E-state index contributed by atoms with van der Waals surface area (Å²) in [6, 6.07) is 9.91. The van der Waals surface area contributed by atoms with Gasteiger partial charge < -0.3 is 19.1 Å². The molecule has 0 aliphatic carbocycles. The fourth-order valence-corrected chi connectivity index (χ4v) is 7.06. The van der Waals surface area contributed by atoms with Gasteiger partial charge >= 0.3 is 6.16 Å². The van der Waals surface area contributed by atoms with Crippen molar-refractivity contribution in [1.29, 1.82) is 0 Å². The molecular formula is C29H25F4N3O6S. The first kappa shape index (κ1) is 28.9. The molecular weight excluding hydrogens is 594 g/mol. The second-order valence-electron chi connectivity index (χ2n) is 10.2. The largest absolute Gasteiger partial charge is 0.510 e. The fourth-order valence-electron chi connectivity index (χ4n) is 5.94. The van der Waals surface area contributed by atoms with E-state index in [9.17, 15) is 27.6 Å². The Morgan fingerprint density at radius 3 is 2.65 bits per heavy atom. The van der Waals surface area contributed by atoms with Gasteiger partial charge in [-0.3, -0.25) is 19.3 Å². The van der Waals surface area contributed by atoms with Crippen molar-refractivity contribution < 1.29 is 41.4 Å². The first-order valence-electron chi connectivity index (χ1n) is 13.4. The highest BCUT2D eigenvalue weighted by atomic mass is 32.2. The van der Waals surface area contributed by atoms with Gasteiger partial charge in [0.2, 0.25) is 24.4 Å². The molecule has 4 heterocycles. The van der Waals surface area contributed by atoms with Gasteiger partial charge in [0, 0.05) is 40.9 Å². The number of thioether (sulfide) groups is 1. The number of nitrogens with zero attached hydrogens (tertiary/aromatic N) is 3. The molecule has 1 fully saturated rings. The Bertz CT molecular complexity index is 1650. The first-order chi connectivity index (χ1) is 20.7. The summed E-state index contributed by atoms with van der Waals surface area (Å²) in [6.07, 6.45) is -3.46. The van der Waals surface area contributed by atoms with Crippen LogP contribution in [-0.2, 0) is 15.2 Å². The molecule has 43 heavy (non-hydrogen) atoms. The van der Waals surface area contributed by atoms with Gasteiger partial charge in [0.25, 0.3) is 5.91 Å². The number of hydrogen-bond acceptors (Lipinski definition) is 8. The van der Waals surface area contributed by atoms with Crippen molar-refractivity contribution in [3.8, 4) is 5.75 Å². The maximum atomic E-state index is 15.3. The van der Waals surface area contributed by atoms with Crippen molar-refractivity contribution in [1.82, 2.24) is 9.58 Å². The van der Waals surface area contributed by atoms with E-state index in [1.165, 1.54) is 33.6 Å². The minimum absolute atomic E-state index is 0.0139. The van der Waals surface area contributed by atoms with E-state index < -0.39 is 66.2 Å². The number of halogens is 4. The van der Waals surface area contributed by atoms with Crippen LogP contribution in [0.4, 0.5) is 22.4 Å². The molecule has 14 heteroatoms. The van der Waals surface area contributed by atoms with Crippen LogP contribution in [0.25, 0.3) is 0 Å². The van der Waals surface area contributed by atoms with E-state index in [0.717, 1.165) is 24.1 Å². The van der Waals surface area contributed by atoms with E-state index in [1.807, 2.05) is 6.07 Å². The van der Waals surface area contributed by atoms with Crippen LogP contribution in [0.15, 0.2) is 58.4 Å². The monoisotopic (exact) mass is 619 g/mol. The van der Waals surface area contributed by atoms with Gasteiger partial charge in [0.05, 0.1) is 13.2 Å². The van der Waals surface area contributed by atoms with E-state index in [-0.39, 0.29) is 36.4 Å². The lowest BCUT2D eigenvalue weighted by molar-refractivity contribution is -0.00430. The number of carbonyl (C=O) groups is 2. The fraction of sp³-hybridized carbons (Fsp3) is 0.345. The number of ether oxygens (including phenoxy) is 3. The summed E-state index contributed by atoms with van der Waals surface area (Å²) in [5, 5.41) is 1.65. The lowest BCUT2D eigenvalue weighted by atomic mass is 9.89. The molecule has 0 spiro atoms. The van der Waals surface area contributed by atoms with Crippen molar-refractivity contribution in [2.75, 3.05) is 25.5 Å². The Morgan fingerprint density at radius 1 is 1.09 bits per heavy atom. The zero-order valence-corrected chi connectivity index (χ0v) is 23.5. The average Bonchev–Trinajstić information content (AvgIpc) is 3.17. The van der Waals surface area contributed by atoms with E-state index in [1.54, 1.807) is 23.2 Å². The molecule has 1 aromatic heterocycles. The highest BCUT2D eigenvalue weighted by Gasteiger charge is 2.48. The van der Waals surface area contributed by atoms with Crippen molar-refractivity contribution in [2.45, 2.75) is 42.1 Å². The number of amides is 1. The van der Waals surface area contributed by atoms with Gasteiger partial charge in [-0.2, -0.15) is 0 Å². The van der Waals surface area contributed by atoms with Crippen LogP contribution in [0, 0.1) is 17.6 Å². The summed E-state index contributed by atoms with van der Waals surface area (Å²) in [4.78, 5) is 40.6. The van der Waals surface area contributed by atoms with Crippen LogP contribution >= 0.6 is 11.8 Å². The molecule has 2 aromatic carbocycles. The summed E-state index contributed by atoms with van der Waals surface area (Å²) >= 11 is 1.30. The van der Waals surface area contributed by atoms with Crippen LogP contribution in [0.3, 0.4) is 0 Å². The highest BCUT2D eigenvalue weighted by molar-refractivity contribution is 7.98. The zero-order valence-electron chi connectivity index (χ0n) is 22.7. The minimum atomic E-state index is -2.65. The number of benzene rings is 2. The molecule has 0 saturated carbocycles. The number of pyridine rings is 1. The maximum absolute atomic E-state index is 15.3. The topological polar surface area (TPSA) is 90.3 Å². The number of aromatic nitrogens is 1. The molecule has 1 amide bonds. The molecule has 226 valence electrons. The Balaban J connectivity index is 1.59. The maximum Gasteiger partial charge on any atom is 0.510 e. The summed E-state index contributed by atoms with van der Waals surface area (Å²) in [7, 11) is 1.08. The molecule has 0 unspecified atom stereocenters. The Morgan fingerprint density at radius 2 is 1.88 bits per heavy atom. The van der Waals surface area contributed by atoms with Crippen molar-refractivity contribution >= 4 is 23.8 Å². The Hall–Kier alpha value is -4.20. The predicted molar refractivity (Wildman–Crippen MR) is 146 cm³/mol. The van der Waals surface area contributed by atoms with E-state index in [4.69, 9.17) is 9.47 Å². The molecule has 1 saturated heterocycles. The minimum Gasteiger partial charge on any atom is -0.451 e. The molecule has 6 rings (SSSR count). The third-order valence-electron chi connectivity index (χ3n) is 7.95. The van der Waals surface area contributed by atoms with Crippen LogP contribution in [0.2, 0.25) is 0 Å². The second-order valence-corrected chi connectivity index (χ2v) is 11.2. The summed E-state index contributed by atoms with van der Waals surface area (Å²) in [6.45, 7) is -0.802. The van der Waals surface area contributed by atoms with Crippen molar-refractivity contribution in [3.63, 3.8) is 0 Å². The lowest BCUT2D eigenvalue weighted by Gasteiger charge is -2.53. The molecule has 9 nitrogen and oxygen atoms in total. The van der Waals surface area contributed by atoms with Crippen molar-refractivity contribution in [2.24, 2.45) is 5.92 Å². The Labute approximate surface area is 246 Å². The molecule has 3 atom stereocenters. The number of piperidine rings is 1. The van der Waals surface area contributed by atoms with Crippen molar-refractivity contribution in [3.05, 3.63) is 92.9 Å². The Kier molecular flexibility index (Phi) is 7.71. The van der Waals surface area contributed by atoms with Gasteiger partial charge in [0.15, 0.2) is 17.3 Å². The molecule has 0 bridgehead atoms. The summed E-state index contributed by atoms with van der Waals surface area (Å²) in [5.74, 6) is -4.07. The van der Waals surface area contributed by atoms with Crippen LogP contribution in [-0.4, -0.2) is 54.7 Å². The van der Waals surface area contributed by atoms with E-state index in [2.05, 4.69) is 4.74 Å². The third-order valence-corrected chi connectivity index (χ3v) is 9.06. The van der Waals surface area contributed by atoms with Gasteiger partial charge in [-0.05, 0) is 36.1 Å². The van der Waals surface area contributed by atoms with Crippen LogP contribution in [0.1, 0.15) is 46.1 Å². The molecule has 3 aromatic rings. The highest BCUT2D eigenvalue weighted by Crippen LogP contribution is 2.46. The second kappa shape index (κ2) is 11.5. The quantitative estimate of drug-likeness (QED) is 0.223. The van der Waals surface area contributed by atoms with Gasteiger partial charge in [-0.15, -0.1) is 11.8 Å². The smallest absolute Gasteiger partial charge is 0.451 e. The molecule has 3 aliphatic rings. The number of rotatable bonds is 5. The number of alkyl halides is 2. The zero-order chi connectivity index (χ0) is 30.4. The normalized spacial score (nSPS) is 20.9. The number of methoxy groups -OCH3 is 1. The molecule has 0 N–H and O–H groups in total. The van der Waals surface area contributed by atoms with E-state index >= 15 is 4.39 Å². The van der Waals surface area contributed by atoms with E-state index in [0.29, 0.717) is 11.1 Å². The number of carbonyl (C=O) groups excluding carboxylic acids is 2. The SMILES string of the molecule is COC(=O)OCOc1c2n(ccc1=O)N([C@@H]1c3ccccc3SCc3c1ccc(F)c3F)[C@@H]1C[C@H](C(F)F)CCN1C2=O. The lowest BCUT2D eigenvalue weighted by Crippen LogP contribution is -2.65. The van der Waals surface area contributed by atoms with Gasteiger partial charge in [0.1, 0.15) is 6.17 Å². The average molecular weight is 620 g/mol.